The summed E-state index contributed by atoms with van der Waals surface area (Å²) < 4.78 is 1.06. The van der Waals surface area contributed by atoms with Gasteiger partial charge in [-0.05, 0) is 31.9 Å². The second-order valence-corrected chi connectivity index (χ2v) is 6.40. The van der Waals surface area contributed by atoms with Crippen molar-refractivity contribution in [3.63, 3.8) is 0 Å². The van der Waals surface area contributed by atoms with Crippen molar-refractivity contribution in [3.8, 4) is 0 Å². The van der Waals surface area contributed by atoms with Crippen LogP contribution in [0.15, 0.2) is 18.2 Å². The predicted octanol–water partition coefficient (Wildman–Crippen LogP) is 3.57. The van der Waals surface area contributed by atoms with Crippen molar-refractivity contribution in [2.75, 3.05) is 5.73 Å². The first kappa shape index (κ1) is 13.9. The first-order valence-corrected chi connectivity index (χ1v) is 7.31. The Balaban J connectivity index is 2.35. The number of thiophene rings is 1. The quantitative estimate of drug-likeness (QED) is 0.900. The number of amides is 1. The minimum atomic E-state index is -0.0717. The minimum Gasteiger partial charge on any atom is -0.397 e. The van der Waals surface area contributed by atoms with E-state index in [9.17, 15) is 4.79 Å². The second kappa shape index (κ2) is 5.21. The van der Waals surface area contributed by atoms with Crippen molar-refractivity contribution in [2.24, 2.45) is 5.92 Å². The first-order valence-electron chi connectivity index (χ1n) is 6.49. The Hall–Kier alpha value is -1.55. The number of benzene rings is 1. The van der Waals surface area contributed by atoms with Crippen LogP contribution in [0.4, 0.5) is 5.69 Å². The number of carbonyl (C=O) groups excluding carboxylic acids is 1. The topological polar surface area (TPSA) is 55.1 Å². The molecule has 1 aromatic heterocycles. The zero-order valence-electron chi connectivity index (χ0n) is 11.8. The van der Waals surface area contributed by atoms with Crippen molar-refractivity contribution in [1.29, 1.82) is 0 Å². The highest BCUT2D eigenvalue weighted by Crippen LogP contribution is 2.34. The third-order valence-electron chi connectivity index (χ3n) is 3.45. The normalized spacial score (nSPS) is 12.9. The maximum atomic E-state index is 12.3. The van der Waals surface area contributed by atoms with Gasteiger partial charge in [-0.15, -0.1) is 11.3 Å². The van der Waals surface area contributed by atoms with Gasteiger partial charge in [0.05, 0.1) is 5.69 Å². The summed E-state index contributed by atoms with van der Waals surface area (Å²) in [6.07, 6.45) is 0. The van der Waals surface area contributed by atoms with Gasteiger partial charge in [0.25, 0.3) is 5.91 Å². The van der Waals surface area contributed by atoms with Gasteiger partial charge in [0, 0.05) is 16.1 Å². The molecule has 1 unspecified atom stereocenters. The fourth-order valence-corrected chi connectivity index (χ4v) is 2.84. The Kier molecular flexibility index (Phi) is 3.80. The molecule has 3 N–H and O–H groups in total. The van der Waals surface area contributed by atoms with E-state index < -0.39 is 0 Å². The molecular formula is C15H20N2OS. The molecule has 0 radical (unpaired) electrons. The van der Waals surface area contributed by atoms with Gasteiger partial charge in [0.2, 0.25) is 0 Å². The molecule has 0 aliphatic carbocycles. The van der Waals surface area contributed by atoms with Gasteiger partial charge in [0.1, 0.15) is 4.88 Å². The van der Waals surface area contributed by atoms with Crippen LogP contribution in [0.2, 0.25) is 0 Å². The SMILES string of the molecule is Cc1ccc2sc(C(=O)NC(C)C(C)C)c(N)c2c1. The van der Waals surface area contributed by atoms with Gasteiger partial charge < -0.3 is 11.1 Å². The molecule has 1 heterocycles. The highest BCUT2D eigenvalue weighted by atomic mass is 32.1. The lowest BCUT2D eigenvalue weighted by molar-refractivity contribution is 0.0935. The van der Waals surface area contributed by atoms with E-state index in [1.165, 1.54) is 11.3 Å². The van der Waals surface area contributed by atoms with Gasteiger partial charge >= 0.3 is 0 Å². The lowest BCUT2D eigenvalue weighted by atomic mass is 10.1. The zero-order valence-corrected chi connectivity index (χ0v) is 12.6. The molecule has 2 aromatic rings. The van der Waals surface area contributed by atoms with Crippen LogP contribution in [0.5, 0.6) is 0 Å². The van der Waals surface area contributed by atoms with E-state index in [0.717, 1.165) is 15.6 Å². The summed E-state index contributed by atoms with van der Waals surface area (Å²) in [5.74, 6) is 0.333. The molecule has 0 saturated heterocycles. The second-order valence-electron chi connectivity index (χ2n) is 5.35. The molecule has 0 aliphatic heterocycles. The van der Waals surface area contributed by atoms with Crippen LogP contribution in [0.25, 0.3) is 10.1 Å². The van der Waals surface area contributed by atoms with Gasteiger partial charge in [-0.2, -0.15) is 0 Å². The van der Waals surface area contributed by atoms with E-state index in [0.29, 0.717) is 16.5 Å². The largest absolute Gasteiger partial charge is 0.397 e. The summed E-state index contributed by atoms with van der Waals surface area (Å²) in [7, 11) is 0. The van der Waals surface area contributed by atoms with Crippen molar-refractivity contribution < 1.29 is 4.79 Å². The van der Waals surface area contributed by atoms with Crippen LogP contribution in [0.3, 0.4) is 0 Å². The zero-order chi connectivity index (χ0) is 14.2. The van der Waals surface area contributed by atoms with Gasteiger partial charge in [-0.1, -0.05) is 25.5 Å². The van der Waals surface area contributed by atoms with E-state index in [-0.39, 0.29) is 11.9 Å². The van der Waals surface area contributed by atoms with Gasteiger partial charge in [-0.3, -0.25) is 4.79 Å². The van der Waals surface area contributed by atoms with E-state index in [1.54, 1.807) is 0 Å². The van der Waals surface area contributed by atoms with E-state index in [4.69, 9.17) is 5.73 Å². The van der Waals surface area contributed by atoms with Crippen LogP contribution >= 0.6 is 11.3 Å². The molecule has 0 fully saturated rings. The Morgan fingerprint density at radius 3 is 2.63 bits per heavy atom. The summed E-state index contributed by atoms with van der Waals surface area (Å²) in [5.41, 5.74) is 7.86. The number of fused-ring (bicyclic) bond motifs is 1. The lowest BCUT2D eigenvalue weighted by Crippen LogP contribution is -2.35. The van der Waals surface area contributed by atoms with Crippen LogP contribution < -0.4 is 11.1 Å². The number of hydrogen-bond acceptors (Lipinski definition) is 3. The van der Waals surface area contributed by atoms with E-state index in [1.807, 2.05) is 32.0 Å². The maximum absolute atomic E-state index is 12.3. The predicted molar refractivity (Wildman–Crippen MR) is 82.7 cm³/mol. The molecular weight excluding hydrogens is 256 g/mol. The van der Waals surface area contributed by atoms with Crippen molar-refractivity contribution >= 4 is 33.0 Å². The van der Waals surface area contributed by atoms with Crippen molar-refractivity contribution in [3.05, 3.63) is 28.6 Å². The Morgan fingerprint density at radius 1 is 1.32 bits per heavy atom. The van der Waals surface area contributed by atoms with Crippen molar-refractivity contribution in [1.82, 2.24) is 5.32 Å². The van der Waals surface area contributed by atoms with Crippen molar-refractivity contribution in [2.45, 2.75) is 33.7 Å². The smallest absolute Gasteiger partial charge is 0.263 e. The number of hydrogen-bond donors (Lipinski definition) is 2. The highest BCUT2D eigenvalue weighted by Gasteiger charge is 2.19. The summed E-state index contributed by atoms with van der Waals surface area (Å²) in [4.78, 5) is 12.9. The molecule has 0 saturated carbocycles. The fourth-order valence-electron chi connectivity index (χ4n) is 1.84. The standard InChI is InChI=1S/C15H20N2OS/c1-8(2)10(4)17-15(18)14-13(16)11-7-9(3)5-6-12(11)19-14/h5-8,10H,16H2,1-4H3,(H,17,18). The third-order valence-corrected chi connectivity index (χ3v) is 4.63. The molecule has 102 valence electrons. The number of nitrogen functional groups attached to an aromatic ring is 1. The number of rotatable bonds is 3. The molecule has 1 atom stereocenters. The fraction of sp³-hybridized carbons (Fsp3) is 0.400. The monoisotopic (exact) mass is 276 g/mol. The molecule has 0 bridgehead atoms. The Morgan fingerprint density at radius 2 is 2.00 bits per heavy atom. The van der Waals surface area contributed by atoms with Gasteiger partial charge in [0.15, 0.2) is 0 Å². The van der Waals surface area contributed by atoms with Gasteiger partial charge in [-0.25, -0.2) is 0 Å². The molecule has 3 nitrogen and oxygen atoms in total. The highest BCUT2D eigenvalue weighted by molar-refractivity contribution is 7.21. The summed E-state index contributed by atoms with van der Waals surface area (Å²) in [6, 6.07) is 6.23. The lowest BCUT2D eigenvalue weighted by Gasteiger charge is -2.16. The van der Waals surface area contributed by atoms with E-state index >= 15 is 0 Å². The number of carbonyl (C=O) groups is 1. The minimum absolute atomic E-state index is 0.0717. The molecule has 0 aliphatic rings. The molecule has 1 amide bonds. The average Bonchev–Trinajstić information content (AvgIpc) is 2.66. The third kappa shape index (κ3) is 2.73. The Labute approximate surface area is 117 Å². The molecule has 0 spiro atoms. The summed E-state index contributed by atoms with van der Waals surface area (Å²) in [6.45, 7) is 8.21. The molecule has 19 heavy (non-hydrogen) atoms. The van der Waals surface area contributed by atoms with Crippen LogP contribution in [0.1, 0.15) is 36.0 Å². The average molecular weight is 276 g/mol. The van der Waals surface area contributed by atoms with Crippen LogP contribution in [0, 0.1) is 12.8 Å². The number of nitrogens with one attached hydrogen (secondary N) is 1. The molecule has 1 aromatic carbocycles. The number of aryl methyl sites for hydroxylation is 1. The van der Waals surface area contributed by atoms with E-state index in [2.05, 4.69) is 19.2 Å². The first-order chi connectivity index (χ1) is 8.90. The molecule has 2 rings (SSSR count). The number of anilines is 1. The summed E-state index contributed by atoms with van der Waals surface area (Å²) in [5, 5.41) is 3.98. The number of nitrogens with two attached hydrogens (primary N) is 1. The summed E-state index contributed by atoms with van der Waals surface area (Å²) >= 11 is 1.46. The Bertz CT molecular complexity index is 616. The molecule has 4 heteroatoms. The van der Waals surface area contributed by atoms with Crippen LogP contribution in [-0.2, 0) is 0 Å². The van der Waals surface area contributed by atoms with Crippen LogP contribution in [-0.4, -0.2) is 11.9 Å². The maximum Gasteiger partial charge on any atom is 0.263 e.